The standard InChI is InChI=1S/C18H21F2N3O5/c19-14(20)8-28-13-4-3-10(15(21)24)6-12(13)22-17(27)23-7-11-2-1-5-18(11,9-23)16(25)26/h3-4,6,11,14H,1-2,5,7-9H2,(H2,21,24)(H,22,27)(H,25,26)/t11-,18+/m0/s1. The van der Waals surface area contributed by atoms with Crippen molar-refractivity contribution in [1.82, 2.24) is 4.90 Å². The Balaban J connectivity index is 1.78. The summed E-state index contributed by atoms with van der Waals surface area (Å²) in [5.41, 5.74) is 4.38. The van der Waals surface area contributed by atoms with E-state index in [4.69, 9.17) is 10.5 Å². The molecule has 1 heterocycles. The van der Waals surface area contributed by atoms with E-state index < -0.39 is 36.4 Å². The lowest BCUT2D eigenvalue weighted by Gasteiger charge is -2.23. The van der Waals surface area contributed by atoms with Crippen molar-refractivity contribution < 1.29 is 33.0 Å². The van der Waals surface area contributed by atoms with Crippen molar-refractivity contribution in [2.75, 3.05) is 25.0 Å². The number of carboxylic acids is 1. The molecule has 1 aliphatic heterocycles. The first-order chi connectivity index (χ1) is 13.2. The van der Waals surface area contributed by atoms with Crippen LogP contribution in [-0.2, 0) is 4.79 Å². The number of aliphatic carboxylic acids is 1. The Kier molecular flexibility index (Phi) is 5.39. The number of alkyl halides is 2. The molecule has 28 heavy (non-hydrogen) atoms. The number of nitrogens with two attached hydrogens (primary N) is 1. The summed E-state index contributed by atoms with van der Waals surface area (Å²) in [7, 11) is 0. The number of nitrogens with zero attached hydrogens (tertiary/aromatic N) is 1. The van der Waals surface area contributed by atoms with Crippen LogP contribution in [0.15, 0.2) is 18.2 Å². The minimum atomic E-state index is -2.72. The molecule has 0 aromatic heterocycles. The number of fused-ring (bicyclic) bond motifs is 1. The molecule has 1 saturated carbocycles. The molecule has 4 N–H and O–H groups in total. The Bertz CT molecular complexity index is 803. The third kappa shape index (κ3) is 3.71. The first kappa shape index (κ1) is 19.8. The fourth-order valence-electron chi connectivity index (χ4n) is 4.05. The Labute approximate surface area is 159 Å². The highest BCUT2D eigenvalue weighted by Gasteiger charge is 2.55. The van der Waals surface area contributed by atoms with E-state index in [9.17, 15) is 28.3 Å². The van der Waals surface area contributed by atoms with E-state index in [2.05, 4.69) is 5.32 Å². The first-order valence-corrected chi connectivity index (χ1v) is 8.87. The molecule has 3 amide bonds. The summed E-state index contributed by atoms with van der Waals surface area (Å²) in [5.74, 6) is -1.83. The summed E-state index contributed by atoms with van der Waals surface area (Å²) in [6.07, 6.45) is -0.668. The number of amides is 3. The molecule has 1 aromatic carbocycles. The molecule has 0 bridgehead atoms. The molecule has 0 unspecified atom stereocenters. The average molecular weight is 397 g/mol. The van der Waals surface area contributed by atoms with E-state index in [1.54, 1.807) is 0 Å². The SMILES string of the molecule is NC(=O)c1ccc(OCC(F)F)c(NC(=O)N2C[C@@H]3CCC[C@@]3(C(=O)O)C2)c1. The predicted octanol–water partition coefficient (Wildman–Crippen LogP) is 2.15. The zero-order valence-electron chi connectivity index (χ0n) is 15.0. The summed E-state index contributed by atoms with van der Waals surface area (Å²) in [4.78, 5) is 37.2. The van der Waals surface area contributed by atoms with E-state index in [-0.39, 0.29) is 29.5 Å². The van der Waals surface area contributed by atoms with Gasteiger partial charge in [-0.3, -0.25) is 9.59 Å². The molecular formula is C18H21F2N3O5. The second-order valence-electron chi connectivity index (χ2n) is 7.14. The van der Waals surface area contributed by atoms with Gasteiger partial charge in [-0.25, -0.2) is 13.6 Å². The molecule has 2 aliphatic rings. The van der Waals surface area contributed by atoms with Gasteiger partial charge in [0.1, 0.15) is 12.4 Å². The smallest absolute Gasteiger partial charge is 0.321 e. The lowest BCUT2D eigenvalue weighted by molar-refractivity contribution is -0.149. The summed E-state index contributed by atoms with van der Waals surface area (Å²) in [5, 5.41) is 12.2. The van der Waals surface area contributed by atoms with E-state index in [0.29, 0.717) is 13.0 Å². The molecule has 0 spiro atoms. The van der Waals surface area contributed by atoms with Crippen LogP contribution in [-0.4, -0.2) is 54.0 Å². The molecule has 3 rings (SSSR count). The number of ether oxygens (including phenoxy) is 1. The topological polar surface area (TPSA) is 122 Å². The number of primary amides is 1. The van der Waals surface area contributed by atoms with Crippen molar-refractivity contribution in [3.05, 3.63) is 23.8 Å². The Hall–Kier alpha value is -2.91. The summed E-state index contributed by atoms with van der Waals surface area (Å²) in [6.45, 7) is -0.519. The number of carboxylic acid groups (broad SMARTS) is 1. The van der Waals surface area contributed by atoms with Gasteiger partial charge in [0.15, 0.2) is 0 Å². The maximum Gasteiger partial charge on any atom is 0.321 e. The van der Waals surface area contributed by atoms with Gasteiger partial charge in [-0.2, -0.15) is 0 Å². The third-order valence-corrected chi connectivity index (χ3v) is 5.45. The van der Waals surface area contributed by atoms with Gasteiger partial charge in [-0.1, -0.05) is 6.42 Å². The number of hydrogen-bond acceptors (Lipinski definition) is 4. The summed E-state index contributed by atoms with van der Waals surface area (Å²) < 4.78 is 29.9. The van der Waals surface area contributed by atoms with Crippen molar-refractivity contribution in [2.24, 2.45) is 17.1 Å². The average Bonchev–Trinajstić information content (AvgIpc) is 3.18. The van der Waals surface area contributed by atoms with Crippen LogP contribution in [0.1, 0.15) is 29.6 Å². The van der Waals surface area contributed by atoms with Gasteiger partial charge in [0.05, 0.1) is 11.1 Å². The zero-order chi connectivity index (χ0) is 20.5. The highest BCUT2D eigenvalue weighted by molar-refractivity contribution is 5.97. The normalized spacial score (nSPS) is 23.5. The van der Waals surface area contributed by atoms with Crippen molar-refractivity contribution in [3.8, 4) is 5.75 Å². The van der Waals surface area contributed by atoms with Gasteiger partial charge in [0, 0.05) is 18.7 Å². The number of halogens is 2. The predicted molar refractivity (Wildman–Crippen MR) is 94.5 cm³/mol. The zero-order valence-corrected chi connectivity index (χ0v) is 15.0. The van der Waals surface area contributed by atoms with Gasteiger partial charge in [0.2, 0.25) is 5.91 Å². The monoisotopic (exact) mass is 397 g/mol. The maximum absolute atomic E-state index is 12.7. The van der Waals surface area contributed by atoms with Crippen LogP contribution in [0.3, 0.4) is 0 Å². The largest absolute Gasteiger partial charge is 0.485 e. The van der Waals surface area contributed by atoms with Crippen molar-refractivity contribution in [1.29, 1.82) is 0 Å². The van der Waals surface area contributed by atoms with Crippen LogP contribution < -0.4 is 15.8 Å². The van der Waals surface area contributed by atoms with Crippen LogP contribution >= 0.6 is 0 Å². The van der Waals surface area contributed by atoms with Crippen LogP contribution in [0, 0.1) is 11.3 Å². The van der Waals surface area contributed by atoms with Crippen LogP contribution in [0.4, 0.5) is 19.3 Å². The molecule has 10 heteroatoms. The van der Waals surface area contributed by atoms with Crippen molar-refractivity contribution in [3.63, 3.8) is 0 Å². The van der Waals surface area contributed by atoms with Gasteiger partial charge in [-0.15, -0.1) is 0 Å². The molecule has 0 radical (unpaired) electrons. The number of nitrogens with one attached hydrogen (secondary N) is 1. The van der Waals surface area contributed by atoms with Gasteiger partial charge in [0.25, 0.3) is 6.43 Å². The van der Waals surface area contributed by atoms with Gasteiger partial charge in [-0.05, 0) is 37.0 Å². The van der Waals surface area contributed by atoms with Crippen LogP contribution in [0.5, 0.6) is 5.75 Å². The number of benzene rings is 1. The minimum absolute atomic E-state index is 0.0170. The molecule has 152 valence electrons. The molecule has 1 saturated heterocycles. The molecule has 8 nitrogen and oxygen atoms in total. The molecule has 1 aromatic rings. The number of likely N-dealkylation sites (tertiary alicyclic amines) is 1. The number of carbonyl (C=O) groups excluding carboxylic acids is 2. The van der Waals surface area contributed by atoms with E-state index in [1.807, 2.05) is 0 Å². The molecule has 1 aliphatic carbocycles. The Morgan fingerprint density at radius 3 is 2.75 bits per heavy atom. The lowest BCUT2D eigenvalue weighted by Crippen LogP contribution is -2.38. The second kappa shape index (κ2) is 7.61. The Morgan fingerprint density at radius 2 is 2.14 bits per heavy atom. The van der Waals surface area contributed by atoms with Crippen LogP contribution in [0.25, 0.3) is 0 Å². The number of anilines is 1. The van der Waals surface area contributed by atoms with Crippen LogP contribution in [0.2, 0.25) is 0 Å². The number of rotatable bonds is 6. The number of carbonyl (C=O) groups is 3. The van der Waals surface area contributed by atoms with E-state index >= 15 is 0 Å². The highest BCUT2D eigenvalue weighted by atomic mass is 19.3. The van der Waals surface area contributed by atoms with Gasteiger partial charge >= 0.3 is 12.0 Å². The van der Waals surface area contributed by atoms with Crippen molar-refractivity contribution in [2.45, 2.75) is 25.7 Å². The second-order valence-corrected chi connectivity index (χ2v) is 7.14. The van der Waals surface area contributed by atoms with Crippen molar-refractivity contribution >= 4 is 23.6 Å². The third-order valence-electron chi connectivity index (χ3n) is 5.45. The quantitative estimate of drug-likeness (QED) is 0.679. The Morgan fingerprint density at radius 1 is 1.39 bits per heavy atom. The minimum Gasteiger partial charge on any atom is -0.485 e. The highest BCUT2D eigenvalue weighted by Crippen LogP contribution is 2.49. The van der Waals surface area contributed by atoms with E-state index in [1.165, 1.54) is 23.1 Å². The summed E-state index contributed by atoms with van der Waals surface area (Å²) >= 11 is 0. The first-order valence-electron chi connectivity index (χ1n) is 8.87. The van der Waals surface area contributed by atoms with Gasteiger partial charge < -0.3 is 25.8 Å². The molecular weight excluding hydrogens is 376 g/mol. The lowest BCUT2D eigenvalue weighted by atomic mass is 9.81. The molecule has 2 fully saturated rings. The van der Waals surface area contributed by atoms with E-state index in [0.717, 1.165) is 12.8 Å². The number of urea groups is 1. The molecule has 2 atom stereocenters. The summed E-state index contributed by atoms with van der Waals surface area (Å²) in [6, 6.07) is 3.23. The fraction of sp³-hybridized carbons (Fsp3) is 0.500. The number of hydrogen-bond donors (Lipinski definition) is 3. The maximum atomic E-state index is 12.7. The fourth-order valence-corrected chi connectivity index (χ4v) is 4.05.